The van der Waals surface area contributed by atoms with Crippen LogP contribution in [0, 0.1) is 0 Å². The van der Waals surface area contributed by atoms with Crippen LogP contribution in [0.25, 0.3) is 0 Å². The predicted octanol–water partition coefficient (Wildman–Crippen LogP) is 0.309. The molecular formula is C17H22N6O2. The van der Waals surface area contributed by atoms with Crippen molar-refractivity contribution in [2.75, 3.05) is 26.3 Å². The van der Waals surface area contributed by atoms with E-state index in [2.05, 4.69) is 37.9 Å². The SMILES string of the molecule is O=C(Cn1nnnc1CN1CCOCC1)N[C@H]1CCc2ccccc21. The first-order valence-corrected chi connectivity index (χ1v) is 8.72. The van der Waals surface area contributed by atoms with Gasteiger partial charge in [0.1, 0.15) is 6.54 Å². The van der Waals surface area contributed by atoms with Crippen LogP contribution < -0.4 is 5.32 Å². The van der Waals surface area contributed by atoms with E-state index >= 15 is 0 Å². The zero-order chi connectivity index (χ0) is 17.1. The fourth-order valence-electron chi connectivity index (χ4n) is 3.50. The molecule has 0 saturated carbocycles. The van der Waals surface area contributed by atoms with Gasteiger partial charge in [-0.05, 0) is 34.4 Å². The number of carbonyl (C=O) groups excluding carboxylic acids is 1. The Hall–Kier alpha value is -2.32. The molecule has 1 amide bonds. The summed E-state index contributed by atoms with van der Waals surface area (Å²) >= 11 is 0. The van der Waals surface area contributed by atoms with Crippen molar-refractivity contribution in [3.05, 3.63) is 41.2 Å². The van der Waals surface area contributed by atoms with Crippen molar-refractivity contribution in [3.8, 4) is 0 Å². The second kappa shape index (κ2) is 7.28. The maximum absolute atomic E-state index is 12.5. The minimum atomic E-state index is -0.0581. The first-order valence-electron chi connectivity index (χ1n) is 8.72. The maximum Gasteiger partial charge on any atom is 0.242 e. The topological polar surface area (TPSA) is 85.2 Å². The van der Waals surface area contributed by atoms with Crippen LogP contribution in [0.2, 0.25) is 0 Å². The van der Waals surface area contributed by atoms with Gasteiger partial charge in [0, 0.05) is 13.1 Å². The molecule has 2 aliphatic rings. The lowest BCUT2D eigenvalue weighted by molar-refractivity contribution is -0.122. The minimum Gasteiger partial charge on any atom is -0.379 e. The molecule has 2 aromatic rings. The number of aryl methyl sites for hydroxylation is 1. The summed E-state index contributed by atoms with van der Waals surface area (Å²) in [6.45, 7) is 3.95. The van der Waals surface area contributed by atoms with Gasteiger partial charge in [-0.15, -0.1) is 5.10 Å². The third-order valence-electron chi connectivity index (χ3n) is 4.84. The number of nitrogens with one attached hydrogen (secondary N) is 1. The standard InChI is InChI=1S/C17H22N6O2/c24-17(18-15-6-5-13-3-1-2-4-14(13)15)12-23-16(19-20-21-23)11-22-7-9-25-10-8-22/h1-4,15H,5-12H2,(H,18,24)/t15-/m0/s1. The number of fused-ring (bicyclic) bond motifs is 1. The fourth-order valence-corrected chi connectivity index (χ4v) is 3.50. The number of ether oxygens (including phenoxy) is 1. The molecule has 1 aromatic heterocycles. The molecule has 1 N–H and O–H groups in total. The van der Waals surface area contributed by atoms with Gasteiger partial charge in [0.2, 0.25) is 5.91 Å². The van der Waals surface area contributed by atoms with Gasteiger partial charge in [-0.2, -0.15) is 0 Å². The molecular weight excluding hydrogens is 320 g/mol. The number of aromatic nitrogens is 4. The van der Waals surface area contributed by atoms with Gasteiger partial charge in [0.15, 0.2) is 5.82 Å². The highest BCUT2D eigenvalue weighted by molar-refractivity contribution is 5.76. The van der Waals surface area contributed by atoms with Gasteiger partial charge in [-0.3, -0.25) is 9.69 Å². The fraction of sp³-hybridized carbons (Fsp3) is 0.529. The van der Waals surface area contributed by atoms with Gasteiger partial charge < -0.3 is 10.1 Å². The highest BCUT2D eigenvalue weighted by atomic mass is 16.5. The van der Waals surface area contributed by atoms with Crippen LogP contribution in [0.4, 0.5) is 0 Å². The van der Waals surface area contributed by atoms with Crippen molar-refractivity contribution < 1.29 is 9.53 Å². The van der Waals surface area contributed by atoms with E-state index in [-0.39, 0.29) is 18.5 Å². The number of hydrogen-bond donors (Lipinski definition) is 1. The van der Waals surface area contributed by atoms with Crippen LogP contribution in [0.15, 0.2) is 24.3 Å². The van der Waals surface area contributed by atoms with Gasteiger partial charge >= 0.3 is 0 Å². The van der Waals surface area contributed by atoms with Crippen LogP contribution in [0.5, 0.6) is 0 Å². The lowest BCUT2D eigenvalue weighted by Crippen LogP contribution is -2.37. The van der Waals surface area contributed by atoms with Crippen molar-refractivity contribution in [1.82, 2.24) is 30.4 Å². The third kappa shape index (κ3) is 3.69. The van der Waals surface area contributed by atoms with E-state index in [0.29, 0.717) is 12.4 Å². The van der Waals surface area contributed by atoms with Crippen molar-refractivity contribution in [2.45, 2.75) is 32.0 Å². The first kappa shape index (κ1) is 16.2. The van der Waals surface area contributed by atoms with E-state index in [4.69, 9.17) is 4.74 Å². The molecule has 0 radical (unpaired) electrons. The van der Waals surface area contributed by atoms with Crippen molar-refractivity contribution in [2.24, 2.45) is 0 Å². The Morgan fingerprint density at radius 2 is 2.12 bits per heavy atom. The van der Waals surface area contributed by atoms with Gasteiger partial charge in [-0.1, -0.05) is 24.3 Å². The quantitative estimate of drug-likeness (QED) is 0.842. The summed E-state index contributed by atoms with van der Waals surface area (Å²) in [5, 5.41) is 14.9. The smallest absolute Gasteiger partial charge is 0.242 e. The minimum absolute atomic E-state index is 0.0581. The molecule has 0 unspecified atom stereocenters. The summed E-state index contributed by atoms with van der Waals surface area (Å²) in [5.74, 6) is 0.654. The second-order valence-electron chi connectivity index (χ2n) is 6.50. The first-order chi connectivity index (χ1) is 12.3. The van der Waals surface area contributed by atoms with E-state index in [0.717, 1.165) is 39.1 Å². The Labute approximate surface area is 146 Å². The lowest BCUT2D eigenvalue weighted by Gasteiger charge is -2.25. The Balaban J connectivity index is 1.36. The van der Waals surface area contributed by atoms with Crippen LogP contribution in [0.1, 0.15) is 29.4 Å². The molecule has 4 rings (SSSR count). The monoisotopic (exact) mass is 342 g/mol. The van der Waals surface area contributed by atoms with Crippen LogP contribution in [-0.4, -0.2) is 57.3 Å². The summed E-state index contributed by atoms with van der Waals surface area (Å²) < 4.78 is 6.94. The molecule has 8 heteroatoms. The molecule has 2 heterocycles. The number of nitrogens with zero attached hydrogens (tertiary/aromatic N) is 5. The summed E-state index contributed by atoms with van der Waals surface area (Å²) in [7, 11) is 0. The Morgan fingerprint density at radius 1 is 1.28 bits per heavy atom. The lowest BCUT2D eigenvalue weighted by atomic mass is 10.1. The number of tetrazole rings is 1. The number of morpholine rings is 1. The zero-order valence-electron chi connectivity index (χ0n) is 14.1. The van der Waals surface area contributed by atoms with E-state index in [1.54, 1.807) is 4.68 Å². The van der Waals surface area contributed by atoms with Crippen molar-refractivity contribution >= 4 is 5.91 Å². The maximum atomic E-state index is 12.5. The number of benzene rings is 1. The molecule has 0 bridgehead atoms. The average Bonchev–Trinajstić information content (AvgIpc) is 3.23. The highest BCUT2D eigenvalue weighted by Crippen LogP contribution is 2.30. The van der Waals surface area contributed by atoms with E-state index < -0.39 is 0 Å². The van der Waals surface area contributed by atoms with Gasteiger partial charge in [0.05, 0.1) is 25.8 Å². The second-order valence-corrected chi connectivity index (χ2v) is 6.50. The number of rotatable bonds is 5. The van der Waals surface area contributed by atoms with E-state index in [1.807, 2.05) is 12.1 Å². The summed E-state index contributed by atoms with van der Waals surface area (Å²) in [4.78, 5) is 14.7. The average molecular weight is 342 g/mol. The molecule has 8 nitrogen and oxygen atoms in total. The molecule has 1 fully saturated rings. The normalized spacial score (nSPS) is 20.4. The molecule has 1 aliphatic carbocycles. The molecule has 1 aliphatic heterocycles. The number of amides is 1. The Bertz CT molecular complexity index is 740. The molecule has 25 heavy (non-hydrogen) atoms. The summed E-state index contributed by atoms with van der Waals surface area (Å²) in [5.41, 5.74) is 2.55. The molecule has 1 atom stereocenters. The number of hydrogen-bond acceptors (Lipinski definition) is 6. The molecule has 1 aromatic carbocycles. The molecule has 0 spiro atoms. The summed E-state index contributed by atoms with van der Waals surface area (Å²) in [6, 6.07) is 8.37. The van der Waals surface area contributed by atoms with Crippen molar-refractivity contribution in [1.29, 1.82) is 0 Å². The summed E-state index contributed by atoms with van der Waals surface area (Å²) in [6.07, 6.45) is 1.95. The van der Waals surface area contributed by atoms with E-state index in [1.165, 1.54) is 11.1 Å². The predicted molar refractivity (Wildman–Crippen MR) is 89.6 cm³/mol. The van der Waals surface area contributed by atoms with Gasteiger partial charge in [0.25, 0.3) is 0 Å². The van der Waals surface area contributed by atoms with Crippen LogP contribution >= 0.6 is 0 Å². The van der Waals surface area contributed by atoms with Crippen LogP contribution in [0.3, 0.4) is 0 Å². The molecule has 132 valence electrons. The van der Waals surface area contributed by atoms with Gasteiger partial charge in [-0.25, -0.2) is 4.68 Å². The largest absolute Gasteiger partial charge is 0.379 e. The Kier molecular flexibility index (Phi) is 4.71. The zero-order valence-corrected chi connectivity index (χ0v) is 14.1. The highest BCUT2D eigenvalue weighted by Gasteiger charge is 2.24. The van der Waals surface area contributed by atoms with Crippen molar-refractivity contribution in [3.63, 3.8) is 0 Å². The van der Waals surface area contributed by atoms with E-state index in [9.17, 15) is 4.79 Å². The number of carbonyl (C=O) groups is 1. The third-order valence-corrected chi connectivity index (χ3v) is 4.84. The Morgan fingerprint density at radius 3 is 3.00 bits per heavy atom. The molecule has 1 saturated heterocycles. The van der Waals surface area contributed by atoms with Crippen LogP contribution in [-0.2, 0) is 29.0 Å².